The molecule has 0 aliphatic rings. The fourth-order valence-electron chi connectivity index (χ4n) is 0.339. The zero-order valence-corrected chi connectivity index (χ0v) is 6.03. The van der Waals surface area contributed by atoms with Gasteiger partial charge in [-0.05, 0) is 0 Å². The molecule has 0 saturated heterocycles. The SMILES string of the molecule is C=C(O)/C(F)=C(/F)C(=C)OC. The van der Waals surface area contributed by atoms with Crippen molar-refractivity contribution in [1.82, 2.24) is 0 Å². The van der Waals surface area contributed by atoms with Crippen LogP contribution in [0.5, 0.6) is 0 Å². The van der Waals surface area contributed by atoms with E-state index in [1.807, 2.05) is 0 Å². The van der Waals surface area contributed by atoms with Gasteiger partial charge in [-0.25, -0.2) is 0 Å². The molecule has 2 nitrogen and oxygen atoms in total. The van der Waals surface area contributed by atoms with Gasteiger partial charge >= 0.3 is 0 Å². The minimum Gasteiger partial charge on any atom is -0.505 e. The van der Waals surface area contributed by atoms with E-state index < -0.39 is 23.2 Å². The molecule has 4 heteroatoms. The van der Waals surface area contributed by atoms with Crippen molar-refractivity contribution in [2.75, 3.05) is 7.11 Å². The maximum absolute atomic E-state index is 12.5. The van der Waals surface area contributed by atoms with Crippen molar-refractivity contribution in [1.29, 1.82) is 0 Å². The highest BCUT2D eigenvalue weighted by Crippen LogP contribution is 2.20. The molecule has 0 atom stereocenters. The monoisotopic (exact) mass is 162 g/mol. The second kappa shape index (κ2) is 3.75. The van der Waals surface area contributed by atoms with Gasteiger partial charge < -0.3 is 9.84 Å². The summed E-state index contributed by atoms with van der Waals surface area (Å²) < 4.78 is 29.1. The molecule has 0 fully saturated rings. The molecule has 0 aromatic rings. The molecule has 0 spiro atoms. The van der Waals surface area contributed by atoms with Crippen LogP contribution in [0.25, 0.3) is 0 Å². The van der Waals surface area contributed by atoms with E-state index in [1.54, 1.807) is 0 Å². The van der Waals surface area contributed by atoms with Gasteiger partial charge in [0.1, 0.15) is 5.76 Å². The predicted molar refractivity (Wildman–Crippen MR) is 37.2 cm³/mol. The molecule has 0 amide bonds. The highest BCUT2D eigenvalue weighted by Gasteiger charge is 2.12. The summed E-state index contributed by atoms with van der Waals surface area (Å²) in [6.45, 7) is 5.81. The molecule has 11 heavy (non-hydrogen) atoms. The fraction of sp³-hybridized carbons (Fsp3) is 0.143. The first kappa shape index (κ1) is 9.68. The van der Waals surface area contributed by atoms with Gasteiger partial charge in [0.15, 0.2) is 5.76 Å². The average molecular weight is 162 g/mol. The molecular weight excluding hydrogens is 154 g/mol. The number of ether oxygens (including phenoxy) is 1. The molecule has 0 aromatic carbocycles. The molecule has 0 heterocycles. The standard InChI is InChI=1S/C7H8F2O2/c1-4(10)6(8)7(9)5(2)11-3/h10H,1-2H2,3H3/b7-6-. The van der Waals surface area contributed by atoms with E-state index in [0.717, 1.165) is 7.11 Å². The number of aliphatic hydroxyl groups excluding tert-OH is 1. The molecule has 0 unspecified atom stereocenters. The minimum atomic E-state index is -1.46. The second-order valence-corrected chi connectivity index (χ2v) is 1.70. The molecule has 0 aliphatic carbocycles. The van der Waals surface area contributed by atoms with Crippen LogP contribution < -0.4 is 0 Å². The largest absolute Gasteiger partial charge is 0.505 e. The molecule has 0 rings (SSSR count). The Hall–Kier alpha value is -1.32. The van der Waals surface area contributed by atoms with E-state index >= 15 is 0 Å². The number of methoxy groups -OCH3 is 1. The summed E-state index contributed by atoms with van der Waals surface area (Å²) >= 11 is 0. The van der Waals surface area contributed by atoms with Crippen molar-refractivity contribution in [3.05, 3.63) is 36.3 Å². The number of aliphatic hydroxyl groups is 1. The smallest absolute Gasteiger partial charge is 0.203 e. The molecule has 0 bridgehead atoms. The van der Waals surface area contributed by atoms with E-state index in [2.05, 4.69) is 17.9 Å². The van der Waals surface area contributed by atoms with Crippen molar-refractivity contribution >= 4 is 0 Å². The van der Waals surface area contributed by atoms with E-state index in [1.165, 1.54) is 0 Å². The van der Waals surface area contributed by atoms with Crippen molar-refractivity contribution in [3.63, 3.8) is 0 Å². The van der Waals surface area contributed by atoms with Crippen molar-refractivity contribution in [2.45, 2.75) is 0 Å². The van der Waals surface area contributed by atoms with Crippen LogP contribution in [-0.2, 0) is 4.74 Å². The average Bonchev–Trinajstić information content (AvgIpc) is 2.00. The highest BCUT2D eigenvalue weighted by molar-refractivity contribution is 5.28. The Morgan fingerprint density at radius 2 is 1.73 bits per heavy atom. The molecule has 1 N–H and O–H groups in total. The summed E-state index contributed by atoms with van der Waals surface area (Å²) in [6.07, 6.45) is 0. The lowest BCUT2D eigenvalue weighted by molar-refractivity contribution is 0.277. The Labute approximate surface area is 63.1 Å². The van der Waals surface area contributed by atoms with E-state index in [-0.39, 0.29) is 0 Å². The quantitative estimate of drug-likeness (QED) is 0.510. The summed E-state index contributed by atoms with van der Waals surface area (Å²) in [4.78, 5) is 0. The van der Waals surface area contributed by atoms with E-state index in [4.69, 9.17) is 5.11 Å². The zero-order chi connectivity index (χ0) is 9.02. The van der Waals surface area contributed by atoms with Crippen LogP contribution in [0.1, 0.15) is 0 Å². The lowest BCUT2D eigenvalue weighted by Crippen LogP contribution is -1.90. The van der Waals surface area contributed by atoms with Crippen LogP contribution in [0.3, 0.4) is 0 Å². The molecule has 0 aliphatic heterocycles. The van der Waals surface area contributed by atoms with Gasteiger partial charge in [-0.1, -0.05) is 13.2 Å². The normalized spacial score (nSPS) is 11.9. The Bertz CT molecular complexity index is 218. The van der Waals surface area contributed by atoms with Crippen LogP contribution in [0, 0.1) is 0 Å². The lowest BCUT2D eigenvalue weighted by Gasteiger charge is -2.01. The summed E-state index contributed by atoms with van der Waals surface area (Å²) in [7, 11) is 1.13. The number of rotatable bonds is 3. The van der Waals surface area contributed by atoms with Crippen LogP contribution in [-0.4, -0.2) is 12.2 Å². The topological polar surface area (TPSA) is 29.5 Å². The number of halogens is 2. The maximum atomic E-state index is 12.5. The predicted octanol–water partition coefficient (Wildman–Crippen LogP) is 2.37. The van der Waals surface area contributed by atoms with Gasteiger partial charge in [-0.15, -0.1) is 0 Å². The van der Waals surface area contributed by atoms with E-state index in [0.29, 0.717) is 0 Å². The number of hydrogen-bond donors (Lipinski definition) is 1. The van der Waals surface area contributed by atoms with Crippen LogP contribution in [0.4, 0.5) is 8.78 Å². The Morgan fingerprint density at radius 1 is 1.27 bits per heavy atom. The molecular formula is C7H8F2O2. The summed E-state index contributed by atoms with van der Waals surface area (Å²) in [5.74, 6) is -4.28. The van der Waals surface area contributed by atoms with Crippen molar-refractivity contribution < 1.29 is 18.6 Å². The Balaban J connectivity index is 4.66. The summed E-state index contributed by atoms with van der Waals surface area (Å²) in [6, 6.07) is 0. The van der Waals surface area contributed by atoms with Crippen molar-refractivity contribution in [3.8, 4) is 0 Å². The highest BCUT2D eigenvalue weighted by atomic mass is 19.2. The first-order chi connectivity index (χ1) is 5.00. The number of allylic oxidation sites excluding steroid dienone is 2. The first-order valence-corrected chi connectivity index (χ1v) is 2.67. The third-order valence-electron chi connectivity index (χ3n) is 0.937. The molecule has 0 aromatic heterocycles. The van der Waals surface area contributed by atoms with Gasteiger partial charge in [-0.3, -0.25) is 0 Å². The maximum Gasteiger partial charge on any atom is 0.203 e. The third kappa shape index (κ3) is 2.41. The van der Waals surface area contributed by atoms with Crippen LogP contribution >= 0.6 is 0 Å². The minimum absolute atomic E-state index is 0.488. The van der Waals surface area contributed by atoms with Gasteiger partial charge in [0.2, 0.25) is 11.7 Å². The summed E-state index contributed by atoms with van der Waals surface area (Å²) in [5.41, 5.74) is 0. The van der Waals surface area contributed by atoms with Gasteiger partial charge in [0.25, 0.3) is 0 Å². The summed E-state index contributed by atoms with van der Waals surface area (Å²) in [5, 5.41) is 8.37. The Morgan fingerprint density at radius 3 is 2.00 bits per heavy atom. The third-order valence-corrected chi connectivity index (χ3v) is 0.937. The molecule has 62 valence electrons. The first-order valence-electron chi connectivity index (χ1n) is 2.67. The van der Waals surface area contributed by atoms with Crippen LogP contribution in [0.2, 0.25) is 0 Å². The van der Waals surface area contributed by atoms with Crippen molar-refractivity contribution in [2.24, 2.45) is 0 Å². The van der Waals surface area contributed by atoms with Crippen LogP contribution in [0.15, 0.2) is 36.3 Å². The van der Waals surface area contributed by atoms with E-state index in [9.17, 15) is 8.78 Å². The zero-order valence-electron chi connectivity index (χ0n) is 6.03. The molecule has 0 radical (unpaired) electrons. The van der Waals surface area contributed by atoms with Gasteiger partial charge in [0.05, 0.1) is 7.11 Å². The Kier molecular flexibility index (Phi) is 3.30. The molecule has 0 saturated carbocycles. The fourth-order valence-corrected chi connectivity index (χ4v) is 0.339. The number of hydrogen-bond acceptors (Lipinski definition) is 2. The van der Waals surface area contributed by atoms with Gasteiger partial charge in [0, 0.05) is 0 Å². The van der Waals surface area contributed by atoms with Gasteiger partial charge in [-0.2, -0.15) is 8.78 Å². The lowest BCUT2D eigenvalue weighted by atomic mass is 10.3. The second-order valence-electron chi connectivity index (χ2n) is 1.70.